The molecular formula is C26H23N3O5. The van der Waals surface area contributed by atoms with Crippen molar-refractivity contribution in [1.82, 2.24) is 10.1 Å². The number of amides is 1. The van der Waals surface area contributed by atoms with Crippen LogP contribution in [-0.2, 0) is 4.79 Å². The van der Waals surface area contributed by atoms with Gasteiger partial charge in [-0.2, -0.15) is 4.98 Å². The summed E-state index contributed by atoms with van der Waals surface area (Å²) in [4.78, 5) is 17.2. The number of hydrogen-bond acceptors (Lipinski definition) is 7. The van der Waals surface area contributed by atoms with Crippen molar-refractivity contribution >= 4 is 17.7 Å². The molecule has 3 aromatic carbocycles. The Hall–Kier alpha value is -4.59. The summed E-state index contributed by atoms with van der Waals surface area (Å²) in [7, 11) is 4.65. The van der Waals surface area contributed by atoms with E-state index in [2.05, 4.69) is 15.5 Å². The smallest absolute Gasteiger partial charge is 0.260 e. The van der Waals surface area contributed by atoms with E-state index in [9.17, 15) is 4.79 Å². The van der Waals surface area contributed by atoms with Gasteiger partial charge in [0.25, 0.3) is 5.89 Å². The van der Waals surface area contributed by atoms with E-state index in [0.29, 0.717) is 28.6 Å². The van der Waals surface area contributed by atoms with Crippen LogP contribution < -0.4 is 19.5 Å². The second-order valence-electron chi connectivity index (χ2n) is 7.14. The normalized spacial score (nSPS) is 10.8. The molecule has 34 heavy (non-hydrogen) atoms. The van der Waals surface area contributed by atoms with Gasteiger partial charge in [0.15, 0.2) is 11.5 Å². The molecule has 0 unspecified atom stereocenters. The summed E-state index contributed by atoms with van der Waals surface area (Å²) in [5.74, 6) is 1.97. The number of hydrogen-bond donors (Lipinski definition) is 1. The maximum Gasteiger partial charge on any atom is 0.260 e. The molecule has 0 aliphatic rings. The first-order chi connectivity index (χ1) is 16.6. The lowest BCUT2D eigenvalue weighted by atomic mass is 10.1. The topological polar surface area (TPSA) is 95.7 Å². The zero-order valence-electron chi connectivity index (χ0n) is 18.9. The number of nitrogens with one attached hydrogen (secondary N) is 1. The molecule has 4 rings (SSSR count). The van der Waals surface area contributed by atoms with Gasteiger partial charge in [-0.1, -0.05) is 47.6 Å². The Morgan fingerprint density at radius 3 is 2.29 bits per heavy atom. The molecule has 1 amide bonds. The van der Waals surface area contributed by atoms with Crippen molar-refractivity contribution in [2.24, 2.45) is 0 Å². The Morgan fingerprint density at radius 1 is 0.912 bits per heavy atom. The predicted octanol–water partition coefficient (Wildman–Crippen LogP) is 5.08. The van der Waals surface area contributed by atoms with Gasteiger partial charge in [-0.3, -0.25) is 4.79 Å². The highest BCUT2D eigenvalue weighted by atomic mass is 16.5. The van der Waals surface area contributed by atoms with Crippen LogP contribution in [0.15, 0.2) is 77.3 Å². The number of methoxy groups -OCH3 is 3. The standard InChI is InChI=1S/C26H23N3O5/c1-31-19-12-9-17(10-13-19)11-14-24(30)27-21-16-23(33-3)22(32-2)15-20(21)26-28-25(29-34-26)18-7-5-4-6-8-18/h4-16H,1-3H3,(H,27,30). The summed E-state index contributed by atoms with van der Waals surface area (Å²) in [6.07, 6.45) is 3.14. The molecule has 172 valence electrons. The summed E-state index contributed by atoms with van der Waals surface area (Å²) in [5, 5.41) is 6.94. The SMILES string of the molecule is COc1ccc(C=CC(=O)Nc2cc(OC)c(OC)cc2-c2nc(-c3ccccc3)no2)cc1. The van der Waals surface area contributed by atoms with Crippen molar-refractivity contribution < 1.29 is 23.5 Å². The van der Waals surface area contributed by atoms with Crippen molar-refractivity contribution in [1.29, 1.82) is 0 Å². The Bertz CT molecular complexity index is 1300. The molecule has 0 spiro atoms. The van der Waals surface area contributed by atoms with Crippen LogP contribution in [0.4, 0.5) is 5.69 Å². The van der Waals surface area contributed by atoms with E-state index < -0.39 is 0 Å². The van der Waals surface area contributed by atoms with E-state index in [1.54, 1.807) is 25.3 Å². The summed E-state index contributed by atoms with van der Waals surface area (Å²) >= 11 is 0. The number of nitrogens with zero attached hydrogens (tertiary/aromatic N) is 2. The Labute approximate surface area is 196 Å². The van der Waals surface area contributed by atoms with Gasteiger partial charge in [0.1, 0.15) is 5.75 Å². The van der Waals surface area contributed by atoms with Crippen molar-refractivity contribution in [2.45, 2.75) is 0 Å². The van der Waals surface area contributed by atoms with Crippen LogP contribution in [0.5, 0.6) is 17.2 Å². The lowest BCUT2D eigenvalue weighted by Crippen LogP contribution is -2.09. The van der Waals surface area contributed by atoms with Crippen LogP contribution >= 0.6 is 0 Å². The molecule has 1 aromatic heterocycles. The maximum atomic E-state index is 12.7. The van der Waals surface area contributed by atoms with E-state index in [1.165, 1.54) is 20.3 Å². The summed E-state index contributed by atoms with van der Waals surface area (Å²) in [6, 6.07) is 20.2. The third-order valence-electron chi connectivity index (χ3n) is 5.01. The highest BCUT2D eigenvalue weighted by Gasteiger charge is 2.19. The molecule has 0 atom stereocenters. The Balaban J connectivity index is 1.64. The van der Waals surface area contributed by atoms with Gasteiger partial charge in [0.05, 0.1) is 32.6 Å². The fourth-order valence-corrected chi connectivity index (χ4v) is 3.26. The minimum absolute atomic E-state index is 0.231. The first-order valence-electron chi connectivity index (χ1n) is 10.4. The van der Waals surface area contributed by atoms with Crippen LogP contribution in [0.1, 0.15) is 5.56 Å². The van der Waals surface area contributed by atoms with Gasteiger partial charge in [0, 0.05) is 17.7 Å². The van der Waals surface area contributed by atoms with Crippen LogP contribution in [0.25, 0.3) is 28.9 Å². The number of benzene rings is 3. The maximum absolute atomic E-state index is 12.7. The van der Waals surface area contributed by atoms with Crippen LogP contribution in [-0.4, -0.2) is 37.4 Å². The van der Waals surface area contributed by atoms with E-state index in [-0.39, 0.29) is 11.8 Å². The number of rotatable bonds is 8. The zero-order chi connectivity index (χ0) is 23.9. The minimum atomic E-state index is -0.341. The number of ether oxygens (including phenoxy) is 3. The number of carbonyl (C=O) groups is 1. The van der Waals surface area contributed by atoms with Crippen molar-refractivity contribution in [3.05, 3.63) is 78.4 Å². The zero-order valence-corrected chi connectivity index (χ0v) is 18.9. The third kappa shape index (κ3) is 5.07. The van der Waals surface area contributed by atoms with Gasteiger partial charge < -0.3 is 24.1 Å². The molecule has 0 radical (unpaired) electrons. The predicted molar refractivity (Wildman–Crippen MR) is 129 cm³/mol. The first kappa shape index (κ1) is 22.6. The molecule has 4 aromatic rings. The molecule has 8 heteroatoms. The largest absolute Gasteiger partial charge is 0.497 e. The van der Waals surface area contributed by atoms with Gasteiger partial charge >= 0.3 is 0 Å². The van der Waals surface area contributed by atoms with Gasteiger partial charge in [-0.05, 0) is 29.8 Å². The van der Waals surface area contributed by atoms with E-state index >= 15 is 0 Å². The number of anilines is 1. The first-order valence-corrected chi connectivity index (χ1v) is 10.4. The molecule has 8 nitrogen and oxygen atoms in total. The Kier molecular flexibility index (Phi) is 6.88. The average Bonchev–Trinajstić information content (AvgIpc) is 3.38. The van der Waals surface area contributed by atoms with Gasteiger partial charge in [-0.15, -0.1) is 0 Å². The Morgan fingerprint density at radius 2 is 1.62 bits per heavy atom. The van der Waals surface area contributed by atoms with Crippen molar-refractivity contribution in [3.63, 3.8) is 0 Å². The number of carbonyl (C=O) groups excluding carboxylic acids is 1. The third-order valence-corrected chi connectivity index (χ3v) is 5.01. The molecule has 0 saturated carbocycles. The van der Waals surface area contributed by atoms with Crippen LogP contribution in [0.2, 0.25) is 0 Å². The second-order valence-corrected chi connectivity index (χ2v) is 7.14. The lowest BCUT2D eigenvalue weighted by molar-refractivity contribution is -0.111. The van der Waals surface area contributed by atoms with E-state index in [4.69, 9.17) is 18.7 Å². The molecular weight excluding hydrogens is 434 g/mol. The molecule has 0 aliphatic heterocycles. The van der Waals surface area contributed by atoms with Crippen LogP contribution in [0, 0.1) is 0 Å². The lowest BCUT2D eigenvalue weighted by Gasteiger charge is -2.13. The van der Waals surface area contributed by atoms with Crippen molar-refractivity contribution in [3.8, 4) is 40.1 Å². The highest BCUT2D eigenvalue weighted by Crippen LogP contribution is 2.38. The molecule has 0 aliphatic carbocycles. The summed E-state index contributed by atoms with van der Waals surface area (Å²) in [5.41, 5.74) is 2.60. The number of aromatic nitrogens is 2. The van der Waals surface area contributed by atoms with E-state index in [1.807, 2.05) is 54.6 Å². The molecule has 1 N–H and O–H groups in total. The second kappa shape index (κ2) is 10.4. The van der Waals surface area contributed by atoms with E-state index in [0.717, 1.165) is 16.9 Å². The molecule has 0 saturated heterocycles. The van der Waals surface area contributed by atoms with Gasteiger partial charge in [0.2, 0.25) is 11.7 Å². The average molecular weight is 457 g/mol. The highest BCUT2D eigenvalue weighted by molar-refractivity contribution is 6.04. The van der Waals surface area contributed by atoms with Crippen LogP contribution in [0.3, 0.4) is 0 Å². The quantitative estimate of drug-likeness (QED) is 0.369. The minimum Gasteiger partial charge on any atom is -0.497 e. The fraction of sp³-hybridized carbons (Fsp3) is 0.115. The molecule has 1 heterocycles. The fourth-order valence-electron chi connectivity index (χ4n) is 3.26. The van der Waals surface area contributed by atoms with Crippen molar-refractivity contribution in [2.75, 3.05) is 26.6 Å². The molecule has 0 fully saturated rings. The monoisotopic (exact) mass is 457 g/mol. The summed E-state index contributed by atoms with van der Waals surface area (Å²) < 4.78 is 21.5. The summed E-state index contributed by atoms with van der Waals surface area (Å²) in [6.45, 7) is 0. The van der Waals surface area contributed by atoms with Gasteiger partial charge in [-0.25, -0.2) is 0 Å². The molecule has 0 bridgehead atoms.